The molecule has 0 aliphatic carbocycles. The molecule has 0 bridgehead atoms. The minimum Gasteiger partial charge on any atom is -0.497 e. The van der Waals surface area contributed by atoms with E-state index in [0.29, 0.717) is 58.7 Å². The number of nitrogens with one attached hydrogen (secondary N) is 2. The number of nitrogens with zero attached hydrogens (tertiary/aromatic N) is 4. The highest BCUT2D eigenvalue weighted by Gasteiger charge is 2.30. The lowest BCUT2D eigenvalue weighted by Gasteiger charge is -2.14. The van der Waals surface area contributed by atoms with Gasteiger partial charge in [-0.2, -0.15) is 0 Å². The van der Waals surface area contributed by atoms with Gasteiger partial charge in [0.25, 0.3) is 5.91 Å². The fourth-order valence-corrected chi connectivity index (χ4v) is 4.98. The predicted octanol–water partition coefficient (Wildman–Crippen LogP) is 2.14. The first-order chi connectivity index (χ1) is 20.7. The van der Waals surface area contributed by atoms with E-state index in [4.69, 9.17) is 21.3 Å². The maximum atomic E-state index is 13.1. The Morgan fingerprint density at radius 1 is 1.00 bits per heavy atom. The van der Waals surface area contributed by atoms with Crippen LogP contribution in [0.2, 0.25) is 5.02 Å². The maximum absolute atomic E-state index is 13.1. The molecular formula is C30H30BClN6O5. The molecule has 11 nitrogen and oxygen atoms in total. The molecule has 4 N–H and O–H groups in total. The minimum absolute atomic E-state index is 0.0375. The van der Waals surface area contributed by atoms with Gasteiger partial charge in [0.2, 0.25) is 5.91 Å². The Labute approximate surface area is 253 Å². The van der Waals surface area contributed by atoms with E-state index in [1.807, 2.05) is 41.8 Å². The predicted molar refractivity (Wildman–Crippen MR) is 163 cm³/mol. The van der Waals surface area contributed by atoms with Crippen LogP contribution < -0.4 is 20.8 Å². The lowest BCUT2D eigenvalue weighted by atomic mass is 9.80. The number of fused-ring (bicyclic) bond motifs is 3. The lowest BCUT2D eigenvalue weighted by molar-refractivity contribution is -0.121. The monoisotopic (exact) mass is 600 g/mol. The molecule has 1 aromatic heterocycles. The number of carbonyl (C=O) groups excluding carboxylic acids is 2. The quantitative estimate of drug-likeness (QED) is 0.161. The Balaban J connectivity index is 1.28. The van der Waals surface area contributed by atoms with Gasteiger partial charge in [-0.3, -0.25) is 19.1 Å². The van der Waals surface area contributed by atoms with Gasteiger partial charge in [0.05, 0.1) is 24.9 Å². The zero-order valence-electron chi connectivity index (χ0n) is 23.6. The lowest BCUT2D eigenvalue weighted by Crippen LogP contribution is -2.32. The fraction of sp³-hybridized carbons (Fsp3) is 0.233. The number of rotatable bonds is 10. The Kier molecular flexibility index (Phi) is 9.20. The standard InChI is InChI=1S/C30H30BClN6O5/c1-18-36-37-29-25(17-27(39)33-14-3-15-34-30(40)20-4-8-21(9-5-20)31(41)42)35-28(19-6-10-22(32)11-7-19)24-16-23(43-2)12-13-26(24)38(18)29/h4-13,16,25,41-42H,3,14-15,17H2,1-2H3,(H,33,39)(H,34,40). The van der Waals surface area contributed by atoms with Crippen molar-refractivity contribution < 1.29 is 24.4 Å². The van der Waals surface area contributed by atoms with E-state index in [1.165, 1.54) is 24.3 Å². The van der Waals surface area contributed by atoms with Crippen molar-refractivity contribution in [3.8, 4) is 11.4 Å². The molecule has 220 valence electrons. The molecule has 1 unspecified atom stereocenters. The van der Waals surface area contributed by atoms with E-state index in [-0.39, 0.29) is 18.2 Å². The van der Waals surface area contributed by atoms with Crippen molar-refractivity contribution in [1.29, 1.82) is 0 Å². The van der Waals surface area contributed by atoms with E-state index < -0.39 is 13.2 Å². The summed E-state index contributed by atoms with van der Waals surface area (Å²) in [6.45, 7) is 2.54. The summed E-state index contributed by atoms with van der Waals surface area (Å²) in [4.78, 5) is 30.5. The smallest absolute Gasteiger partial charge is 0.488 e. The number of methoxy groups -OCH3 is 1. The van der Waals surface area contributed by atoms with Gasteiger partial charge in [-0.1, -0.05) is 35.9 Å². The Hall–Kier alpha value is -4.52. The van der Waals surface area contributed by atoms with Gasteiger partial charge >= 0.3 is 7.12 Å². The number of halogens is 1. The van der Waals surface area contributed by atoms with Gasteiger partial charge in [0, 0.05) is 34.8 Å². The van der Waals surface area contributed by atoms with Crippen molar-refractivity contribution >= 4 is 41.7 Å². The Bertz CT molecular complexity index is 1660. The molecule has 2 heterocycles. The second kappa shape index (κ2) is 13.2. The summed E-state index contributed by atoms with van der Waals surface area (Å²) in [5, 5.41) is 33.4. The van der Waals surface area contributed by atoms with E-state index >= 15 is 0 Å². The molecule has 4 aromatic rings. The largest absolute Gasteiger partial charge is 0.497 e. The third-order valence-electron chi connectivity index (χ3n) is 7.06. The number of aromatic nitrogens is 3. The second-order valence-electron chi connectivity index (χ2n) is 9.98. The van der Waals surface area contributed by atoms with Gasteiger partial charge < -0.3 is 25.4 Å². The highest BCUT2D eigenvalue weighted by atomic mass is 35.5. The summed E-state index contributed by atoms with van der Waals surface area (Å²) >= 11 is 6.16. The van der Waals surface area contributed by atoms with Crippen LogP contribution in [0.4, 0.5) is 0 Å². The normalized spacial score (nSPS) is 13.7. The molecule has 0 radical (unpaired) electrons. The third-order valence-corrected chi connectivity index (χ3v) is 7.31. The summed E-state index contributed by atoms with van der Waals surface area (Å²) in [6.07, 6.45) is 0.547. The van der Waals surface area contributed by atoms with Crippen molar-refractivity contribution in [3.05, 3.63) is 100 Å². The van der Waals surface area contributed by atoms with Crippen LogP contribution in [0, 0.1) is 6.92 Å². The Morgan fingerprint density at radius 2 is 1.72 bits per heavy atom. The highest BCUT2D eigenvalue weighted by Crippen LogP contribution is 2.34. The summed E-state index contributed by atoms with van der Waals surface area (Å²) in [5.41, 5.74) is 3.85. The molecule has 5 rings (SSSR count). The zero-order chi connectivity index (χ0) is 30.5. The van der Waals surface area contributed by atoms with Crippen LogP contribution in [0.1, 0.15) is 52.0 Å². The number of benzene rings is 3. The number of amides is 2. The molecule has 0 fully saturated rings. The molecule has 0 spiro atoms. The fourth-order valence-electron chi connectivity index (χ4n) is 4.85. The summed E-state index contributed by atoms with van der Waals surface area (Å²) in [5.74, 6) is 1.37. The molecule has 1 aliphatic heterocycles. The summed E-state index contributed by atoms with van der Waals surface area (Å²) < 4.78 is 7.43. The highest BCUT2D eigenvalue weighted by molar-refractivity contribution is 6.58. The number of ether oxygens (including phenoxy) is 1. The van der Waals surface area contributed by atoms with Crippen molar-refractivity contribution in [1.82, 2.24) is 25.4 Å². The first-order valence-electron chi connectivity index (χ1n) is 13.7. The number of aryl methyl sites for hydroxylation is 1. The van der Waals surface area contributed by atoms with Crippen LogP contribution in [0.5, 0.6) is 5.75 Å². The molecule has 1 atom stereocenters. The van der Waals surface area contributed by atoms with E-state index in [9.17, 15) is 19.6 Å². The molecule has 13 heteroatoms. The van der Waals surface area contributed by atoms with Crippen LogP contribution in [-0.2, 0) is 4.79 Å². The van der Waals surface area contributed by atoms with Crippen molar-refractivity contribution in [2.75, 3.05) is 20.2 Å². The molecule has 43 heavy (non-hydrogen) atoms. The SMILES string of the molecule is COc1ccc2c(c1)C(c1ccc(Cl)cc1)=NC(CC(=O)NCCCNC(=O)c1ccc(B(O)O)cc1)c1nnc(C)n1-2. The van der Waals surface area contributed by atoms with Crippen LogP contribution in [-0.4, -0.2) is 69.7 Å². The van der Waals surface area contributed by atoms with Crippen molar-refractivity contribution in [3.63, 3.8) is 0 Å². The van der Waals surface area contributed by atoms with Crippen LogP contribution >= 0.6 is 11.6 Å². The van der Waals surface area contributed by atoms with Crippen LogP contribution in [0.15, 0.2) is 71.7 Å². The first kappa shape index (κ1) is 30.0. The van der Waals surface area contributed by atoms with E-state index in [2.05, 4.69) is 20.8 Å². The average molecular weight is 601 g/mol. The molecule has 1 aliphatic rings. The zero-order valence-corrected chi connectivity index (χ0v) is 24.4. The third kappa shape index (κ3) is 6.77. The van der Waals surface area contributed by atoms with Gasteiger partial charge in [-0.05, 0) is 61.3 Å². The van der Waals surface area contributed by atoms with E-state index in [0.717, 1.165) is 16.8 Å². The molecule has 2 amide bonds. The summed E-state index contributed by atoms with van der Waals surface area (Å²) in [7, 11) is 0.0139. The molecule has 0 saturated heterocycles. The van der Waals surface area contributed by atoms with Gasteiger partial charge in [0.1, 0.15) is 17.6 Å². The molecule has 3 aromatic carbocycles. The van der Waals surface area contributed by atoms with Gasteiger partial charge in [-0.15, -0.1) is 10.2 Å². The van der Waals surface area contributed by atoms with Crippen LogP contribution in [0.25, 0.3) is 5.69 Å². The number of hydrogen-bond donors (Lipinski definition) is 4. The first-order valence-corrected chi connectivity index (χ1v) is 14.1. The topological polar surface area (TPSA) is 151 Å². The number of aliphatic imine (C=N–C) groups is 1. The van der Waals surface area contributed by atoms with Crippen LogP contribution in [0.3, 0.4) is 0 Å². The van der Waals surface area contributed by atoms with Gasteiger partial charge in [-0.25, -0.2) is 0 Å². The second-order valence-corrected chi connectivity index (χ2v) is 10.4. The Morgan fingerprint density at radius 3 is 2.42 bits per heavy atom. The van der Waals surface area contributed by atoms with Crippen molar-refractivity contribution in [2.24, 2.45) is 4.99 Å². The van der Waals surface area contributed by atoms with E-state index in [1.54, 1.807) is 19.2 Å². The van der Waals surface area contributed by atoms with Gasteiger partial charge in [0.15, 0.2) is 5.82 Å². The average Bonchev–Trinajstić information content (AvgIpc) is 3.33. The summed E-state index contributed by atoms with van der Waals surface area (Å²) in [6, 6.07) is 18.4. The number of hydrogen-bond acceptors (Lipinski definition) is 8. The van der Waals surface area contributed by atoms with Crippen molar-refractivity contribution in [2.45, 2.75) is 25.8 Å². The molecular weight excluding hydrogens is 571 g/mol. The minimum atomic E-state index is -1.59. The molecule has 0 saturated carbocycles. The number of carbonyl (C=O) groups is 2. The maximum Gasteiger partial charge on any atom is 0.488 e.